The first kappa shape index (κ1) is 12.8. The number of carboxylic acid groups (broad SMARTS) is 1. The van der Waals surface area contributed by atoms with E-state index in [1.165, 1.54) is 6.26 Å². The Balaban J connectivity index is 2.28. The van der Waals surface area contributed by atoms with Crippen molar-refractivity contribution in [3.05, 3.63) is 59.3 Å². The van der Waals surface area contributed by atoms with Crippen molar-refractivity contribution in [2.45, 2.75) is 6.42 Å². The van der Waals surface area contributed by atoms with Crippen LogP contribution < -0.4 is 0 Å². The van der Waals surface area contributed by atoms with Crippen LogP contribution in [0.25, 0.3) is 22.5 Å². The SMILES string of the molecule is O=C(O)Cc1c2occcc-2c(-c2ccccc2)c1Cl. The van der Waals surface area contributed by atoms with Crippen molar-refractivity contribution >= 4 is 17.6 Å². The zero-order chi connectivity index (χ0) is 14.1. The Labute approximate surface area is 120 Å². The predicted octanol–water partition coefficient (Wildman–Crippen LogP) is 4.33. The topological polar surface area (TPSA) is 50.4 Å². The molecule has 0 amide bonds. The summed E-state index contributed by atoms with van der Waals surface area (Å²) in [5, 5.41) is 9.48. The van der Waals surface area contributed by atoms with E-state index in [2.05, 4.69) is 0 Å². The first-order chi connectivity index (χ1) is 9.68. The molecule has 0 unspecified atom stereocenters. The molecule has 0 aromatic heterocycles. The van der Waals surface area contributed by atoms with Crippen LogP contribution in [-0.4, -0.2) is 11.1 Å². The van der Waals surface area contributed by atoms with Gasteiger partial charge in [0.05, 0.1) is 17.7 Å². The van der Waals surface area contributed by atoms with Gasteiger partial charge in [0, 0.05) is 16.7 Å². The van der Waals surface area contributed by atoms with Crippen molar-refractivity contribution in [3.63, 3.8) is 0 Å². The number of carboxylic acids is 1. The van der Waals surface area contributed by atoms with Gasteiger partial charge in [0.2, 0.25) is 0 Å². The zero-order valence-electron chi connectivity index (χ0n) is 10.5. The van der Waals surface area contributed by atoms with Crippen molar-refractivity contribution < 1.29 is 14.3 Å². The van der Waals surface area contributed by atoms with Gasteiger partial charge in [-0.15, -0.1) is 0 Å². The molecule has 3 nitrogen and oxygen atoms in total. The van der Waals surface area contributed by atoms with Gasteiger partial charge in [-0.3, -0.25) is 4.79 Å². The molecular formula is C16H11ClO3. The molecule has 20 heavy (non-hydrogen) atoms. The lowest BCUT2D eigenvalue weighted by Crippen LogP contribution is -2.00. The average Bonchev–Trinajstić information content (AvgIpc) is 2.72. The van der Waals surface area contributed by atoms with Crippen LogP contribution in [0.5, 0.6) is 0 Å². The van der Waals surface area contributed by atoms with E-state index < -0.39 is 5.97 Å². The molecule has 1 aliphatic heterocycles. The highest BCUT2D eigenvalue weighted by atomic mass is 35.5. The first-order valence-electron chi connectivity index (χ1n) is 6.13. The number of hydrogen-bond donors (Lipinski definition) is 1. The van der Waals surface area contributed by atoms with Crippen LogP contribution in [0.4, 0.5) is 0 Å². The minimum Gasteiger partial charge on any atom is -0.481 e. The van der Waals surface area contributed by atoms with Gasteiger partial charge in [-0.25, -0.2) is 0 Å². The summed E-state index contributed by atoms with van der Waals surface area (Å²) in [4.78, 5) is 11.0. The fraction of sp³-hybridized carbons (Fsp3) is 0.0625. The number of fused-ring (bicyclic) bond motifs is 1. The summed E-state index contributed by atoms with van der Waals surface area (Å²) in [5.74, 6) is -0.392. The highest BCUT2D eigenvalue weighted by molar-refractivity contribution is 6.36. The standard InChI is InChI=1S/C16H11ClO3/c17-15-12(9-13(18)19)16-11(7-4-8-20-16)14(15)10-5-2-1-3-6-10/h1-8H,9H2,(H,18,19). The Morgan fingerprint density at radius 3 is 2.60 bits per heavy atom. The van der Waals surface area contributed by atoms with E-state index in [0.29, 0.717) is 16.3 Å². The summed E-state index contributed by atoms with van der Waals surface area (Å²) in [5.41, 5.74) is 3.12. The molecule has 0 spiro atoms. The van der Waals surface area contributed by atoms with Gasteiger partial charge in [0.15, 0.2) is 0 Å². The molecule has 1 aromatic carbocycles. The number of halogens is 1. The molecule has 100 valence electrons. The van der Waals surface area contributed by atoms with Crippen molar-refractivity contribution in [1.29, 1.82) is 0 Å². The smallest absolute Gasteiger partial charge is 0.308 e. The third-order valence-corrected chi connectivity index (χ3v) is 3.61. The van der Waals surface area contributed by atoms with Gasteiger partial charge in [0.1, 0.15) is 5.76 Å². The van der Waals surface area contributed by atoms with Gasteiger partial charge in [-0.05, 0) is 17.7 Å². The Hall–Kier alpha value is -2.26. The second kappa shape index (κ2) is 5.02. The second-order valence-corrected chi connectivity index (χ2v) is 4.84. The van der Waals surface area contributed by atoms with Gasteiger partial charge in [0.25, 0.3) is 0 Å². The molecular weight excluding hydrogens is 276 g/mol. The lowest BCUT2D eigenvalue weighted by Gasteiger charge is -2.03. The van der Waals surface area contributed by atoms with Gasteiger partial charge in [-0.2, -0.15) is 0 Å². The monoisotopic (exact) mass is 286 g/mol. The van der Waals surface area contributed by atoms with Crippen molar-refractivity contribution in [3.8, 4) is 22.5 Å². The zero-order valence-corrected chi connectivity index (χ0v) is 11.2. The summed E-state index contributed by atoms with van der Waals surface area (Å²) in [6.45, 7) is 0. The number of benzene rings is 1. The molecule has 1 N–H and O–H groups in total. The Kier molecular flexibility index (Phi) is 3.20. The van der Waals surface area contributed by atoms with Crippen LogP contribution in [0, 0.1) is 0 Å². The normalized spacial score (nSPS) is 10.8. The lowest BCUT2D eigenvalue weighted by atomic mass is 10.0. The van der Waals surface area contributed by atoms with Crippen LogP contribution in [0.1, 0.15) is 5.56 Å². The fourth-order valence-electron chi connectivity index (χ4n) is 2.38. The molecule has 2 aliphatic rings. The molecule has 1 aliphatic carbocycles. The van der Waals surface area contributed by atoms with Crippen molar-refractivity contribution in [2.24, 2.45) is 0 Å². The molecule has 3 rings (SSSR count). The van der Waals surface area contributed by atoms with E-state index >= 15 is 0 Å². The van der Waals surface area contributed by atoms with Crippen LogP contribution in [0.2, 0.25) is 5.02 Å². The maximum atomic E-state index is 11.0. The minimum absolute atomic E-state index is 0.157. The van der Waals surface area contributed by atoms with E-state index in [1.807, 2.05) is 36.4 Å². The van der Waals surface area contributed by atoms with Crippen LogP contribution >= 0.6 is 11.6 Å². The summed E-state index contributed by atoms with van der Waals surface area (Å²) in [6, 6.07) is 13.3. The average molecular weight is 287 g/mol. The Morgan fingerprint density at radius 1 is 1.15 bits per heavy atom. The third kappa shape index (κ3) is 2.06. The number of rotatable bonds is 3. The number of aliphatic carboxylic acids is 1. The molecule has 0 saturated carbocycles. The van der Waals surface area contributed by atoms with Crippen LogP contribution in [-0.2, 0) is 11.2 Å². The van der Waals surface area contributed by atoms with Gasteiger partial charge in [-0.1, -0.05) is 41.9 Å². The maximum Gasteiger partial charge on any atom is 0.308 e. The highest BCUT2D eigenvalue weighted by Gasteiger charge is 2.26. The molecule has 0 saturated heterocycles. The molecule has 4 heteroatoms. The molecule has 0 atom stereocenters. The largest absolute Gasteiger partial charge is 0.481 e. The quantitative estimate of drug-likeness (QED) is 0.779. The van der Waals surface area contributed by atoms with Gasteiger partial charge >= 0.3 is 5.97 Å². The van der Waals surface area contributed by atoms with Crippen molar-refractivity contribution in [2.75, 3.05) is 0 Å². The maximum absolute atomic E-state index is 11.0. The van der Waals surface area contributed by atoms with E-state index in [1.54, 1.807) is 6.07 Å². The summed E-state index contributed by atoms with van der Waals surface area (Å²) < 4.78 is 5.48. The van der Waals surface area contributed by atoms with E-state index in [-0.39, 0.29) is 6.42 Å². The van der Waals surface area contributed by atoms with Crippen LogP contribution in [0.3, 0.4) is 0 Å². The molecule has 1 aromatic rings. The van der Waals surface area contributed by atoms with Crippen molar-refractivity contribution in [1.82, 2.24) is 0 Å². The molecule has 0 bridgehead atoms. The third-order valence-electron chi connectivity index (χ3n) is 3.19. The summed E-state index contributed by atoms with van der Waals surface area (Å²) >= 11 is 6.41. The first-order valence-corrected chi connectivity index (χ1v) is 6.51. The lowest BCUT2D eigenvalue weighted by molar-refractivity contribution is -0.136. The van der Waals surface area contributed by atoms with E-state index in [4.69, 9.17) is 21.1 Å². The van der Waals surface area contributed by atoms with Gasteiger partial charge < -0.3 is 9.52 Å². The Morgan fingerprint density at radius 2 is 1.90 bits per heavy atom. The number of carbonyl (C=O) groups is 1. The van der Waals surface area contributed by atoms with Crippen LogP contribution in [0.15, 0.2) is 53.1 Å². The predicted molar refractivity (Wildman–Crippen MR) is 77.1 cm³/mol. The summed E-state index contributed by atoms with van der Waals surface area (Å²) in [6.07, 6.45) is 1.37. The molecule has 0 radical (unpaired) electrons. The highest BCUT2D eigenvalue weighted by Crippen LogP contribution is 2.46. The molecule has 0 fully saturated rings. The second-order valence-electron chi connectivity index (χ2n) is 4.46. The minimum atomic E-state index is -0.933. The summed E-state index contributed by atoms with van der Waals surface area (Å²) in [7, 11) is 0. The van der Waals surface area contributed by atoms with E-state index in [9.17, 15) is 4.79 Å². The fourth-order valence-corrected chi connectivity index (χ4v) is 2.74. The van der Waals surface area contributed by atoms with E-state index in [0.717, 1.165) is 16.7 Å². The number of hydrogen-bond acceptors (Lipinski definition) is 2. The Bertz CT molecular complexity index is 731. The molecule has 1 heterocycles.